The van der Waals surface area contributed by atoms with Crippen molar-refractivity contribution in [2.45, 2.75) is 0 Å². The summed E-state index contributed by atoms with van der Waals surface area (Å²) in [6.45, 7) is 0. The molecule has 0 aliphatic rings. The van der Waals surface area contributed by atoms with Crippen LogP contribution in [0.5, 0.6) is 5.75 Å². The molecule has 5 N–H and O–H groups in total. The Kier molecular flexibility index (Phi) is 5.56. The molecule has 0 saturated carbocycles. The van der Waals surface area contributed by atoms with Gasteiger partial charge in [-0.1, -0.05) is 0 Å². The standard InChI is InChI=1S/C15H9N5O8S2/c21-8-7(14(24)25)17-11(18-12(8)22)9-5(1-3-29-9)16-15(26)19-13(23)10-6(20(27)28)2-4-30-10/h1-4,21H,(H,24,25)(H,17,18,22)(H2,16,19,23,26). The van der Waals surface area contributed by atoms with E-state index in [1.165, 1.54) is 16.8 Å². The number of H-pyrrole nitrogens is 1. The van der Waals surface area contributed by atoms with Crippen molar-refractivity contribution in [3.63, 3.8) is 0 Å². The van der Waals surface area contributed by atoms with Gasteiger partial charge in [0.15, 0.2) is 16.4 Å². The average molecular weight is 451 g/mol. The first-order valence-electron chi connectivity index (χ1n) is 7.67. The van der Waals surface area contributed by atoms with Crippen molar-refractivity contribution in [1.29, 1.82) is 0 Å². The highest BCUT2D eigenvalue weighted by Crippen LogP contribution is 2.31. The number of aromatic hydroxyl groups is 1. The summed E-state index contributed by atoms with van der Waals surface area (Å²) < 4.78 is 0. The second-order valence-corrected chi connectivity index (χ2v) is 7.21. The van der Waals surface area contributed by atoms with E-state index < -0.39 is 45.5 Å². The molecule has 3 heterocycles. The molecule has 0 aliphatic carbocycles. The molecule has 3 aromatic heterocycles. The number of carboxylic acids is 1. The molecular weight excluding hydrogens is 442 g/mol. The Balaban J connectivity index is 1.83. The Morgan fingerprint density at radius 2 is 1.90 bits per heavy atom. The fourth-order valence-electron chi connectivity index (χ4n) is 2.24. The minimum absolute atomic E-state index is 0.0659. The predicted octanol–water partition coefficient (Wildman–Crippen LogP) is 1.83. The van der Waals surface area contributed by atoms with Gasteiger partial charge in [0.2, 0.25) is 5.75 Å². The molecule has 3 amide bonds. The molecule has 0 spiro atoms. The number of nitrogens with zero attached hydrogens (tertiary/aromatic N) is 2. The van der Waals surface area contributed by atoms with Gasteiger partial charge in [-0.15, -0.1) is 22.7 Å². The number of amides is 3. The Labute approximate surface area is 172 Å². The zero-order valence-electron chi connectivity index (χ0n) is 14.4. The second kappa shape index (κ2) is 8.10. The third-order valence-electron chi connectivity index (χ3n) is 3.50. The highest BCUT2D eigenvalue weighted by Gasteiger charge is 2.24. The van der Waals surface area contributed by atoms with Crippen LogP contribution < -0.4 is 16.2 Å². The number of aromatic carboxylic acids is 1. The summed E-state index contributed by atoms with van der Waals surface area (Å²) >= 11 is 1.76. The van der Waals surface area contributed by atoms with E-state index in [1.54, 1.807) is 0 Å². The second-order valence-electron chi connectivity index (χ2n) is 5.38. The van der Waals surface area contributed by atoms with Crippen LogP contribution in [0.3, 0.4) is 0 Å². The largest absolute Gasteiger partial charge is 0.501 e. The lowest BCUT2D eigenvalue weighted by Crippen LogP contribution is -2.34. The first-order chi connectivity index (χ1) is 14.2. The first kappa shape index (κ1) is 20.6. The van der Waals surface area contributed by atoms with E-state index in [9.17, 15) is 34.4 Å². The van der Waals surface area contributed by atoms with Gasteiger partial charge in [-0.3, -0.25) is 25.0 Å². The summed E-state index contributed by atoms with van der Waals surface area (Å²) in [5, 5.41) is 36.5. The lowest BCUT2D eigenvalue weighted by Gasteiger charge is -2.08. The zero-order valence-corrected chi connectivity index (χ0v) is 16.0. The number of rotatable bonds is 5. The fraction of sp³-hybridized carbons (Fsp3) is 0. The number of hydrogen-bond donors (Lipinski definition) is 5. The third kappa shape index (κ3) is 4.01. The number of hydrogen-bond acceptors (Lipinski definition) is 10. The van der Waals surface area contributed by atoms with Crippen LogP contribution in [0.25, 0.3) is 10.7 Å². The molecule has 0 bridgehead atoms. The number of aromatic nitrogens is 2. The molecule has 3 aromatic rings. The summed E-state index contributed by atoms with van der Waals surface area (Å²) in [7, 11) is 0. The van der Waals surface area contributed by atoms with E-state index in [-0.39, 0.29) is 21.3 Å². The van der Waals surface area contributed by atoms with Crippen molar-refractivity contribution < 1.29 is 29.5 Å². The summed E-state index contributed by atoms with van der Waals surface area (Å²) in [5.41, 5.74) is -2.36. The molecule has 13 nitrogen and oxygen atoms in total. The molecule has 30 heavy (non-hydrogen) atoms. The topological polar surface area (TPSA) is 205 Å². The summed E-state index contributed by atoms with van der Waals surface area (Å²) in [4.78, 5) is 63.0. The maximum Gasteiger partial charge on any atom is 0.358 e. The number of anilines is 1. The molecule has 0 saturated heterocycles. The summed E-state index contributed by atoms with van der Waals surface area (Å²) in [6.07, 6.45) is 0. The van der Waals surface area contributed by atoms with Crippen LogP contribution in [0.4, 0.5) is 16.2 Å². The summed E-state index contributed by atoms with van der Waals surface area (Å²) in [5.74, 6) is -3.93. The molecule has 154 valence electrons. The molecule has 15 heteroatoms. The van der Waals surface area contributed by atoms with Gasteiger partial charge in [-0.05, 0) is 16.8 Å². The SMILES string of the molecule is O=C(NC(=O)c1sccc1[N+](=O)[O-])Nc1ccsc1-c1nc(C(=O)O)c(O)c(=O)[nH]1. The van der Waals surface area contributed by atoms with Gasteiger partial charge in [0, 0.05) is 6.07 Å². The van der Waals surface area contributed by atoms with Crippen molar-refractivity contribution in [1.82, 2.24) is 15.3 Å². The van der Waals surface area contributed by atoms with E-state index in [4.69, 9.17) is 5.11 Å². The number of aromatic amines is 1. The monoisotopic (exact) mass is 451 g/mol. The van der Waals surface area contributed by atoms with E-state index in [1.807, 2.05) is 5.32 Å². The number of nitro groups is 1. The maximum absolute atomic E-state index is 12.1. The highest BCUT2D eigenvalue weighted by molar-refractivity contribution is 7.14. The number of carbonyl (C=O) groups is 3. The number of imide groups is 1. The molecule has 0 aliphatic heterocycles. The van der Waals surface area contributed by atoms with Crippen LogP contribution in [0, 0.1) is 10.1 Å². The van der Waals surface area contributed by atoms with Gasteiger partial charge < -0.3 is 20.5 Å². The molecule has 0 aromatic carbocycles. The van der Waals surface area contributed by atoms with Crippen LogP contribution in [0.15, 0.2) is 27.7 Å². The van der Waals surface area contributed by atoms with E-state index in [0.717, 1.165) is 28.7 Å². The molecule has 3 rings (SSSR count). The fourth-order valence-corrected chi connectivity index (χ4v) is 3.79. The quantitative estimate of drug-likeness (QED) is 0.283. The average Bonchev–Trinajstić information content (AvgIpc) is 3.33. The van der Waals surface area contributed by atoms with Crippen LogP contribution in [-0.4, -0.2) is 43.0 Å². The molecule has 0 radical (unpaired) electrons. The van der Waals surface area contributed by atoms with E-state index in [0.29, 0.717) is 0 Å². The van der Waals surface area contributed by atoms with Gasteiger partial charge >= 0.3 is 12.0 Å². The Hall–Kier alpha value is -4.11. The minimum atomic E-state index is -1.63. The molecule has 0 unspecified atom stereocenters. The van der Waals surface area contributed by atoms with Crippen molar-refractivity contribution in [2.24, 2.45) is 0 Å². The van der Waals surface area contributed by atoms with Gasteiger partial charge in [0.05, 0.1) is 15.5 Å². The maximum atomic E-state index is 12.1. The smallest absolute Gasteiger partial charge is 0.358 e. The van der Waals surface area contributed by atoms with Crippen molar-refractivity contribution in [3.05, 3.63) is 53.9 Å². The lowest BCUT2D eigenvalue weighted by atomic mass is 10.3. The van der Waals surface area contributed by atoms with Gasteiger partial charge in [-0.2, -0.15) is 0 Å². The summed E-state index contributed by atoms with van der Waals surface area (Å²) in [6, 6.07) is 1.49. The minimum Gasteiger partial charge on any atom is -0.501 e. The van der Waals surface area contributed by atoms with Gasteiger partial charge in [-0.25, -0.2) is 14.6 Å². The molecule has 0 atom stereocenters. The van der Waals surface area contributed by atoms with E-state index in [2.05, 4.69) is 15.3 Å². The number of carbonyl (C=O) groups excluding carboxylic acids is 2. The van der Waals surface area contributed by atoms with E-state index >= 15 is 0 Å². The number of carboxylic acid groups (broad SMARTS) is 1. The van der Waals surface area contributed by atoms with Gasteiger partial charge in [0.25, 0.3) is 17.2 Å². The van der Waals surface area contributed by atoms with Crippen molar-refractivity contribution >= 4 is 52.0 Å². The molecule has 0 fully saturated rings. The number of urea groups is 1. The molecular formula is C15H9N5O8S2. The van der Waals surface area contributed by atoms with Crippen molar-refractivity contribution in [2.75, 3.05) is 5.32 Å². The lowest BCUT2D eigenvalue weighted by molar-refractivity contribution is -0.384. The van der Waals surface area contributed by atoms with Crippen LogP contribution >= 0.6 is 22.7 Å². The van der Waals surface area contributed by atoms with Crippen LogP contribution in [0.2, 0.25) is 0 Å². The van der Waals surface area contributed by atoms with Gasteiger partial charge in [0.1, 0.15) is 0 Å². The van der Waals surface area contributed by atoms with Crippen LogP contribution in [-0.2, 0) is 0 Å². The Bertz CT molecular complexity index is 1240. The number of thiophene rings is 2. The third-order valence-corrected chi connectivity index (χ3v) is 5.32. The Morgan fingerprint density at radius 3 is 2.57 bits per heavy atom. The predicted molar refractivity (Wildman–Crippen MR) is 104 cm³/mol. The van der Waals surface area contributed by atoms with Crippen LogP contribution in [0.1, 0.15) is 20.2 Å². The van der Waals surface area contributed by atoms with Crippen molar-refractivity contribution in [3.8, 4) is 16.5 Å². The number of nitrogens with one attached hydrogen (secondary N) is 3. The normalized spacial score (nSPS) is 10.4. The Morgan fingerprint density at radius 1 is 1.20 bits per heavy atom. The first-order valence-corrected chi connectivity index (χ1v) is 9.43. The zero-order chi connectivity index (χ0) is 22.0. The highest BCUT2D eigenvalue weighted by atomic mass is 32.1.